The van der Waals surface area contributed by atoms with Gasteiger partial charge in [0, 0.05) is 31.1 Å². The highest BCUT2D eigenvalue weighted by Gasteiger charge is 2.51. The molecule has 1 N–H and O–H groups in total. The van der Waals surface area contributed by atoms with Crippen molar-refractivity contribution in [3.05, 3.63) is 53.6 Å². The van der Waals surface area contributed by atoms with Crippen molar-refractivity contribution in [3.63, 3.8) is 0 Å². The fourth-order valence-electron chi connectivity index (χ4n) is 5.87. The van der Waals surface area contributed by atoms with Crippen LogP contribution in [0.4, 0.5) is 0 Å². The number of aliphatic carboxylic acids is 1. The Morgan fingerprint density at radius 2 is 1.97 bits per heavy atom. The van der Waals surface area contributed by atoms with Crippen molar-refractivity contribution in [2.24, 2.45) is 11.8 Å². The molecule has 0 bridgehead atoms. The maximum Gasteiger partial charge on any atom is 0.341 e. The second-order valence-corrected chi connectivity index (χ2v) is 10.4. The van der Waals surface area contributed by atoms with Crippen molar-refractivity contribution in [3.8, 4) is 17.2 Å². The van der Waals surface area contributed by atoms with Crippen LogP contribution in [0.15, 0.2) is 42.5 Å². The van der Waals surface area contributed by atoms with Crippen molar-refractivity contribution in [2.45, 2.75) is 58.0 Å². The molecule has 5 rings (SSSR count). The van der Waals surface area contributed by atoms with Gasteiger partial charge in [-0.2, -0.15) is 0 Å². The Morgan fingerprint density at radius 1 is 1.17 bits per heavy atom. The minimum Gasteiger partial charge on any atom is -0.490 e. The highest BCUT2D eigenvalue weighted by atomic mass is 16.5. The van der Waals surface area contributed by atoms with Crippen LogP contribution >= 0.6 is 0 Å². The molecule has 7 heteroatoms. The molecule has 7 nitrogen and oxygen atoms in total. The largest absolute Gasteiger partial charge is 0.490 e. The van der Waals surface area contributed by atoms with Crippen molar-refractivity contribution in [2.75, 3.05) is 26.3 Å². The average molecular weight is 482 g/mol. The molecule has 0 aliphatic carbocycles. The Balaban J connectivity index is 1.26. The number of likely N-dealkylation sites (tertiary alicyclic amines) is 1. The van der Waals surface area contributed by atoms with Crippen LogP contribution in [0.25, 0.3) is 0 Å². The first-order chi connectivity index (χ1) is 16.8. The Labute approximate surface area is 206 Å². The second-order valence-electron chi connectivity index (χ2n) is 10.4. The topological polar surface area (TPSA) is 77.5 Å². The van der Waals surface area contributed by atoms with Crippen LogP contribution in [0.3, 0.4) is 0 Å². The van der Waals surface area contributed by atoms with Gasteiger partial charge >= 0.3 is 5.97 Å². The summed E-state index contributed by atoms with van der Waals surface area (Å²) in [5.74, 6) is 1.98. The van der Waals surface area contributed by atoms with Crippen LogP contribution in [0, 0.1) is 11.8 Å². The lowest BCUT2D eigenvalue weighted by Crippen LogP contribution is -2.55. The molecule has 35 heavy (non-hydrogen) atoms. The highest BCUT2D eigenvalue weighted by molar-refractivity contribution is 5.68. The molecule has 3 aliphatic rings. The summed E-state index contributed by atoms with van der Waals surface area (Å²) in [7, 11) is 0. The van der Waals surface area contributed by atoms with Gasteiger partial charge in [-0.15, -0.1) is 0 Å². The van der Waals surface area contributed by atoms with E-state index in [1.807, 2.05) is 43.3 Å². The number of hydrogen-bond acceptors (Lipinski definition) is 6. The summed E-state index contributed by atoms with van der Waals surface area (Å²) in [6, 6.07) is 13.9. The number of benzene rings is 2. The molecule has 0 saturated carbocycles. The van der Waals surface area contributed by atoms with Crippen molar-refractivity contribution >= 4 is 5.97 Å². The maximum absolute atomic E-state index is 10.7. The number of carbonyl (C=O) groups is 1. The lowest BCUT2D eigenvalue weighted by atomic mass is 9.70. The van der Waals surface area contributed by atoms with Crippen LogP contribution < -0.4 is 14.2 Å². The van der Waals surface area contributed by atoms with Gasteiger partial charge in [0.15, 0.2) is 18.1 Å². The van der Waals surface area contributed by atoms with Gasteiger partial charge in [0.05, 0.1) is 18.8 Å². The van der Waals surface area contributed by atoms with E-state index in [1.54, 1.807) is 0 Å². The van der Waals surface area contributed by atoms with E-state index in [4.69, 9.17) is 24.1 Å². The molecule has 2 aromatic rings. The third-order valence-corrected chi connectivity index (χ3v) is 7.56. The average Bonchev–Trinajstić information content (AvgIpc) is 2.83. The number of carboxylic acid groups (broad SMARTS) is 1. The number of nitrogens with zero attached hydrogens (tertiary/aromatic N) is 1. The number of carboxylic acids is 1. The summed E-state index contributed by atoms with van der Waals surface area (Å²) in [4.78, 5) is 13.2. The predicted molar refractivity (Wildman–Crippen MR) is 131 cm³/mol. The second kappa shape index (κ2) is 9.70. The fraction of sp³-hybridized carbons (Fsp3) is 0.536. The summed E-state index contributed by atoms with van der Waals surface area (Å²) in [6.07, 6.45) is 2.35. The predicted octanol–water partition coefficient (Wildman–Crippen LogP) is 4.69. The molecule has 3 heterocycles. The van der Waals surface area contributed by atoms with Crippen molar-refractivity contribution in [1.29, 1.82) is 0 Å². The van der Waals surface area contributed by atoms with Gasteiger partial charge in [0.2, 0.25) is 0 Å². The van der Waals surface area contributed by atoms with Gasteiger partial charge < -0.3 is 24.1 Å². The summed E-state index contributed by atoms with van der Waals surface area (Å²) in [5, 5.41) is 8.77. The van der Waals surface area contributed by atoms with Crippen LogP contribution in [-0.2, 0) is 16.1 Å². The van der Waals surface area contributed by atoms with Gasteiger partial charge in [-0.1, -0.05) is 24.3 Å². The lowest BCUT2D eigenvalue weighted by Gasteiger charge is -2.53. The van der Waals surface area contributed by atoms with E-state index in [1.165, 1.54) is 5.56 Å². The lowest BCUT2D eigenvalue weighted by molar-refractivity contribution is -0.188. The fourth-order valence-corrected chi connectivity index (χ4v) is 5.87. The standard InChI is InChI=1S/C28H35NO6/c1-4-32-24-7-5-6-21-26-22(28(2,3)35-27(21)24)14-19-16-29(13-12-23(19)34-26)15-18-8-10-20(11-9-18)33-17-25(30)31/h5-11,19,22-23,26H,4,12-17H2,1-3H3,(H,30,31)/t19-,22-,23-,26+/m0/s1. The normalized spacial score (nSPS) is 27.1. The van der Waals surface area contributed by atoms with E-state index in [2.05, 4.69) is 24.8 Å². The molecule has 4 atom stereocenters. The molecule has 0 aromatic heterocycles. The smallest absolute Gasteiger partial charge is 0.341 e. The van der Waals surface area contributed by atoms with Gasteiger partial charge in [0.25, 0.3) is 0 Å². The molecule has 0 unspecified atom stereocenters. The summed E-state index contributed by atoms with van der Waals surface area (Å²) in [6.45, 7) is 9.46. The first-order valence-electron chi connectivity index (χ1n) is 12.6. The van der Waals surface area contributed by atoms with E-state index < -0.39 is 5.97 Å². The zero-order chi connectivity index (χ0) is 24.6. The van der Waals surface area contributed by atoms with Crippen molar-refractivity contribution in [1.82, 2.24) is 4.90 Å². The van der Waals surface area contributed by atoms with E-state index in [9.17, 15) is 4.79 Å². The van der Waals surface area contributed by atoms with E-state index in [-0.39, 0.29) is 30.3 Å². The number of hydrogen-bond donors (Lipinski definition) is 1. The molecule has 3 aliphatic heterocycles. The molecule has 0 radical (unpaired) electrons. The third-order valence-electron chi connectivity index (χ3n) is 7.56. The number of rotatable bonds is 7. The molecule has 2 aromatic carbocycles. The number of fused-ring (bicyclic) bond motifs is 4. The summed E-state index contributed by atoms with van der Waals surface area (Å²) < 4.78 is 24.5. The minimum absolute atomic E-state index is 0.0281. The van der Waals surface area contributed by atoms with Gasteiger partial charge in [-0.05, 0) is 63.3 Å². The zero-order valence-corrected chi connectivity index (χ0v) is 20.7. The van der Waals surface area contributed by atoms with Crippen LogP contribution in [0.2, 0.25) is 0 Å². The van der Waals surface area contributed by atoms with Gasteiger partial charge in [-0.3, -0.25) is 4.90 Å². The molecule has 188 valence electrons. The number of ether oxygens (including phenoxy) is 4. The molecular formula is C28H35NO6. The molecule has 2 fully saturated rings. The van der Waals surface area contributed by atoms with E-state index in [0.717, 1.165) is 49.5 Å². The quantitative estimate of drug-likeness (QED) is 0.615. The first-order valence-corrected chi connectivity index (χ1v) is 12.6. The van der Waals surface area contributed by atoms with E-state index in [0.29, 0.717) is 18.3 Å². The summed E-state index contributed by atoms with van der Waals surface area (Å²) >= 11 is 0. The first kappa shape index (κ1) is 23.9. The minimum atomic E-state index is -0.973. The Hall–Kier alpha value is -2.77. The molecule has 0 spiro atoms. The summed E-state index contributed by atoms with van der Waals surface area (Å²) in [5.41, 5.74) is 1.97. The number of piperidine rings is 1. The third kappa shape index (κ3) is 4.98. The molecular weight excluding hydrogens is 446 g/mol. The SMILES string of the molecule is CCOc1cccc2c1OC(C)(C)[C@H]1C[C@H]3CN(Cc4ccc(OCC(=O)O)cc4)CC[C@@H]3O[C@H]21. The Morgan fingerprint density at radius 3 is 2.71 bits per heavy atom. The zero-order valence-electron chi connectivity index (χ0n) is 20.7. The highest BCUT2D eigenvalue weighted by Crippen LogP contribution is 2.55. The van der Waals surface area contributed by atoms with Gasteiger partial charge in [0.1, 0.15) is 11.4 Å². The van der Waals surface area contributed by atoms with E-state index >= 15 is 0 Å². The molecule has 2 saturated heterocycles. The maximum atomic E-state index is 10.7. The van der Waals surface area contributed by atoms with Gasteiger partial charge in [-0.25, -0.2) is 4.79 Å². The Kier molecular flexibility index (Phi) is 6.64. The van der Waals surface area contributed by atoms with Crippen LogP contribution in [-0.4, -0.2) is 54.0 Å². The van der Waals surface area contributed by atoms with Crippen LogP contribution in [0.1, 0.15) is 50.8 Å². The van der Waals surface area contributed by atoms with Crippen LogP contribution in [0.5, 0.6) is 17.2 Å². The number of para-hydroxylation sites is 1. The van der Waals surface area contributed by atoms with Crippen molar-refractivity contribution < 1.29 is 28.8 Å². The monoisotopic (exact) mass is 481 g/mol. The Bertz CT molecular complexity index is 1050. The molecule has 0 amide bonds.